The fourth-order valence-electron chi connectivity index (χ4n) is 3.28. The fraction of sp³-hybridized carbons (Fsp3) is 0.471. The van der Waals surface area contributed by atoms with Gasteiger partial charge in [-0.2, -0.15) is 0 Å². The van der Waals surface area contributed by atoms with Crippen LogP contribution in [0.25, 0.3) is 0 Å². The number of amides is 3. The monoisotopic (exact) mass is 384 g/mol. The molecule has 8 heteroatoms. The van der Waals surface area contributed by atoms with Gasteiger partial charge in [0, 0.05) is 20.1 Å². The number of rotatable bonds is 4. The quantitative estimate of drug-likeness (QED) is 0.748. The Balaban J connectivity index is 1.87. The molecule has 2 fully saturated rings. The summed E-state index contributed by atoms with van der Waals surface area (Å²) >= 11 is 12.3. The predicted octanol–water partition coefficient (Wildman–Crippen LogP) is 2.65. The Morgan fingerprint density at radius 2 is 2.00 bits per heavy atom. The number of carbonyl (C=O) groups is 3. The van der Waals surface area contributed by atoms with Crippen LogP contribution in [0.4, 0.5) is 5.69 Å². The van der Waals surface area contributed by atoms with Crippen LogP contribution in [0.1, 0.15) is 26.2 Å². The predicted molar refractivity (Wildman–Crippen MR) is 93.7 cm³/mol. The Kier molecular flexibility index (Phi) is 5.32. The smallest absolute Gasteiger partial charge is 0.257 e. The van der Waals surface area contributed by atoms with E-state index in [9.17, 15) is 14.4 Å². The van der Waals surface area contributed by atoms with Crippen molar-refractivity contribution in [3.05, 3.63) is 28.2 Å². The molecule has 0 radical (unpaired) electrons. The molecule has 1 aromatic carbocycles. The van der Waals surface area contributed by atoms with Crippen LogP contribution in [-0.2, 0) is 19.1 Å². The first-order valence-electron chi connectivity index (χ1n) is 8.09. The second kappa shape index (κ2) is 7.32. The third-order valence-corrected chi connectivity index (χ3v) is 5.10. The lowest BCUT2D eigenvalue weighted by molar-refractivity contribution is -0.138. The van der Waals surface area contributed by atoms with Gasteiger partial charge in [0.25, 0.3) is 5.91 Å². The van der Waals surface area contributed by atoms with Gasteiger partial charge in [0.05, 0.1) is 28.3 Å². The lowest BCUT2D eigenvalue weighted by atomic mass is 10.1. The van der Waals surface area contributed by atoms with Crippen LogP contribution in [0.3, 0.4) is 0 Å². The summed E-state index contributed by atoms with van der Waals surface area (Å²) in [5.41, 5.74) is 0.170. The van der Waals surface area contributed by atoms with E-state index >= 15 is 0 Å². The summed E-state index contributed by atoms with van der Waals surface area (Å²) in [6, 6.07) is 3.90. The van der Waals surface area contributed by atoms with E-state index in [2.05, 4.69) is 0 Å². The zero-order chi connectivity index (χ0) is 18.1. The van der Waals surface area contributed by atoms with Crippen LogP contribution < -0.4 is 4.90 Å². The van der Waals surface area contributed by atoms with Crippen LogP contribution in [0.2, 0.25) is 10.0 Å². The molecular weight excluding hydrogens is 367 g/mol. The molecule has 25 heavy (non-hydrogen) atoms. The Bertz CT molecular complexity index is 698. The molecule has 0 aliphatic carbocycles. The van der Waals surface area contributed by atoms with Gasteiger partial charge in [-0.05, 0) is 25.0 Å². The van der Waals surface area contributed by atoms with E-state index in [4.69, 9.17) is 27.9 Å². The summed E-state index contributed by atoms with van der Waals surface area (Å²) in [4.78, 5) is 39.9. The largest absolute Gasteiger partial charge is 0.376 e. The van der Waals surface area contributed by atoms with Crippen molar-refractivity contribution >= 4 is 46.6 Å². The van der Waals surface area contributed by atoms with Gasteiger partial charge in [-0.25, -0.2) is 4.90 Å². The highest BCUT2D eigenvalue weighted by atomic mass is 35.5. The van der Waals surface area contributed by atoms with Crippen molar-refractivity contribution in [3.63, 3.8) is 0 Å². The third kappa shape index (κ3) is 3.52. The SMILES string of the molecule is CC(=O)N(C[C@H]1CCCO1)[C@H]1CC(=O)N(c2c(Cl)cccc2Cl)C1=O. The molecule has 1 aromatic rings. The molecule has 3 rings (SSSR count). The van der Waals surface area contributed by atoms with E-state index in [1.54, 1.807) is 18.2 Å². The Morgan fingerprint density at radius 3 is 2.56 bits per heavy atom. The molecule has 3 amide bonds. The molecule has 2 aliphatic heterocycles. The molecule has 2 aliphatic rings. The molecule has 134 valence electrons. The summed E-state index contributed by atoms with van der Waals surface area (Å²) in [5.74, 6) is -1.19. The molecule has 0 N–H and O–H groups in total. The van der Waals surface area contributed by atoms with Gasteiger partial charge in [-0.15, -0.1) is 0 Å². The highest BCUT2D eigenvalue weighted by molar-refractivity contribution is 6.42. The van der Waals surface area contributed by atoms with Crippen molar-refractivity contribution in [1.82, 2.24) is 4.90 Å². The average molecular weight is 385 g/mol. The zero-order valence-corrected chi connectivity index (χ0v) is 15.2. The van der Waals surface area contributed by atoms with Crippen molar-refractivity contribution in [3.8, 4) is 0 Å². The van der Waals surface area contributed by atoms with Crippen LogP contribution in [0, 0.1) is 0 Å². The Labute approximate surface area is 155 Å². The number of anilines is 1. The van der Waals surface area contributed by atoms with E-state index in [1.807, 2.05) is 0 Å². The van der Waals surface area contributed by atoms with Gasteiger partial charge in [0.2, 0.25) is 11.8 Å². The second-order valence-electron chi connectivity index (χ2n) is 6.16. The van der Waals surface area contributed by atoms with Crippen LogP contribution >= 0.6 is 23.2 Å². The van der Waals surface area contributed by atoms with Crippen LogP contribution in [-0.4, -0.2) is 47.9 Å². The number of imide groups is 1. The van der Waals surface area contributed by atoms with Crippen molar-refractivity contribution in [2.75, 3.05) is 18.1 Å². The highest BCUT2D eigenvalue weighted by Crippen LogP contribution is 2.37. The zero-order valence-electron chi connectivity index (χ0n) is 13.7. The minimum atomic E-state index is -0.860. The van der Waals surface area contributed by atoms with E-state index in [0.29, 0.717) is 13.2 Å². The van der Waals surface area contributed by atoms with Crippen molar-refractivity contribution < 1.29 is 19.1 Å². The average Bonchev–Trinajstić information content (AvgIpc) is 3.15. The summed E-state index contributed by atoms with van der Waals surface area (Å²) in [7, 11) is 0. The maximum atomic E-state index is 12.9. The van der Waals surface area contributed by atoms with Gasteiger partial charge in [-0.3, -0.25) is 14.4 Å². The molecule has 0 unspecified atom stereocenters. The van der Waals surface area contributed by atoms with Gasteiger partial charge in [0.15, 0.2) is 0 Å². The van der Waals surface area contributed by atoms with Gasteiger partial charge >= 0.3 is 0 Å². The number of benzene rings is 1. The van der Waals surface area contributed by atoms with Crippen LogP contribution in [0.15, 0.2) is 18.2 Å². The standard InChI is InChI=1S/C17H18Cl2N2O4/c1-10(22)20(9-11-4-3-7-25-11)14-8-15(23)21(17(14)24)16-12(18)5-2-6-13(16)19/h2,5-6,11,14H,3-4,7-9H2,1H3/t11-,14+/m1/s1. The summed E-state index contributed by atoms with van der Waals surface area (Å²) < 4.78 is 5.56. The lowest BCUT2D eigenvalue weighted by Crippen LogP contribution is -2.47. The first kappa shape index (κ1) is 18.2. The Morgan fingerprint density at radius 1 is 1.32 bits per heavy atom. The first-order chi connectivity index (χ1) is 11.9. The molecule has 2 heterocycles. The highest BCUT2D eigenvalue weighted by Gasteiger charge is 2.45. The number of hydrogen-bond donors (Lipinski definition) is 0. The number of halogens is 2. The topological polar surface area (TPSA) is 66.9 Å². The summed E-state index contributed by atoms with van der Waals surface area (Å²) in [6.07, 6.45) is 1.56. The lowest BCUT2D eigenvalue weighted by Gasteiger charge is -2.28. The second-order valence-corrected chi connectivity index (χ2v) is 6.98. The molecule has 0 saturated carbocycles. The molecule has 0 aromatic heterocycles. The molecule has 2 atom stereocenters. The minimum Gasteiger partial charge on any atom is -0.376 e. The van der Waals surface area contributed by atoms with Crippen molar-refractivity contribution in [2.45, 2.75) is 38.3 Å². The Hall–Kier alpha value is -1.63. The third-order valence-electron chi connectivity index (χ3n) is 4.49. The van der Waals surface area contributed by atoms with Gasteiger partial charge in [0.1, 0.15) is 6.04 Å². The van der Waals surface area contributed by atoms with Gasteiger partial charge in [-0.1, -0.05) is 29.3 Å². The van der Waals surface area contributed by atoms with E-state index in [1.165, 1.54) is 11.8 Å². The maximum Gasteiger partial charge on any atom is 0.257 e. The maximum absolute atomic E-state index is 12.9. The first-order valence-corrected chi connectivity index (χ1v) is 8.85. The van der Waals surface area contributed by atoms with Crippen molar-refractivity contribution in [1.29, 1.82) is 0 Å². The van der Waals surface area contributed by atoms with Crippen LogP contribution in [0.5, 0.6) is 0 Å². The van der Waals surface area contributed by atoms with E-state index in [0.717, 1.165) is 17.7 Å². The summed E-state index contributed by atoms with van der Waals surface area (Å²) in [5, 5.41) is 0.423. The molecule has 2 saturated heterocycles. The van der Waals surface area contributed by atoms with Crippen molar-refractivity contribution in [2.24, 2.45) is 0 Å². The molecular formula is C17H18Cl2N2O4. The summed E-state index contributed by atoms with van der Waals surface area (Å²) in [6.45, 7) is 2.33. The number of nitrogens with zero attached hydrogens (tertiary/aromatic N) is 2. The van der Waals surface area contributed by atoms with Gasteiger partial charge < -0.3 is 9.64 Å². The minimum absolute atomic E-state index is 0.0906. The number of carbonyl (C=O) groups excluding carboxylic acids is 3. The number of ether oxygens (including phenoxy) is 1. The number of para-hydroxylation sites is 1. The van der Waals surface area contributed by atoms with E-state index < -0.39 is 17.9 Å². The number of hydrogen-bond acceptors (Lipinski definition) is 4. The van der Waals surface area contributed by atoms with E-state index in [-0.39, 0.29) is 34.2 Å². The molecule has 0 bridgehead atoms. The molecule has 0 spiro atoms. The fourth-order valence-corrected chi connectivity index (χ4v) is 3.85. The molecule has 6 nitrogen and oxygen atoms in total. The normalized spacial score (nSPS) is 23.4.